The number of nitrogens with one attached hydrogen (secondary N) is 2. The first-order valence-corrected chi connectivity index (χ1v) is 8.94. The first-order valence-electron chi connectivity index (χ1n) is 7.44. The third-order valence-electron chi connectivity index (χ3n) is 3.44. The van der Waals surface area contributed by atoms with Crippen LogP contribution in [0.25, 0.3) is 0 Å². The molecule has 2 amide bonds. The molecule has 0 saturated carbocycles. The fraction of sp³-hybridized carbons (Fsp3) is 0.533. The summed E-state index contributed by atoms with van der Waals surface area (Å²) in [5.74, 6) is 0.761. The summed E-state index contributed by atoms with van der Waals surface area (Å²) in [5.41, 5.74) is 0.961. The Kier molecular flexibility index (Phi) is 7.84. The fourth-order valence-electron chi connectivity index (χ4n) is 1.90. The molecule has 23 heavy (non-hydrogen) atoms. The molecule has 130 valence electrons. The van der Waals surface area contributed by atoms with Gasteiger partial charge < -0.3 is 15.4 Å². The van der Waals surface area contributed by atoms with Crippen molar-refractivity contribution in [3.8, 4) is 5.75 Å². The molecule has 0 aliphatic heterocycles. The molecule has 1 aromatic carbocycles. The lowest BCUT2D eigenvalue weighted by atomic mass is 10.2. The summed E-state index contributed by atoms with van der Waals surface area (Å²) in [6, 6.07) is 7.12. The van der Waals surface area contributed by atoms with E-state index in [1.54, 1.807) is 7.11 Å². The van der Waals surface area contributed by atoms with E-state index in [1.807, 2.05) is 24.3 Å². The van der Waals surface area contributed by atoms with Crippen molar-refractivity contribution in [1.82, 2.24) is 10.6 Å². The van der Waals surface area contributed by atoms with E-state index in [0.717, 1.165) is 11.3 Å². The highest BCUT2D eigenvalue weighted by molar-refractivity contribution is 7.86. The second kappa shape index (κ2) is 9.36. The Balaban J connectivity index is 2.14. The predicted molar refractivity (Wildman–Crippen MR) is 88.1 cm³/mol. The molecule has 0 spiro atoms. The third kappa shape index (κ3) is 7.85. The molecule has 3 N–H and O–H groups in total. The van der Waals surface area contributed by atoms with Crippen molar-refractivity contribution in [1.29, 1.82) is 0 Å². The summed E-state index contributed by atoms with van der Waals surface area (Å²) in [6.07, 6.45) is 1.63. The summed E-state index contributed by atoms with van der Waals surface area (Å²) in [7, 11) is -2.36. The Labute approximate surface area is 137 Å². The van der Waals surface area contributed by atoms with Gasteiger partial charge in [-0.3, -0.25) is 4.55 Å². The highest BCUT2D eigenvalue weighted by Crippen LogP contribution is 2.11. The second-order valence-electron chi connectivity index (χ2n) is 5.28. The van der Waals surface area contributed by atoms with Crippen molar-refractivity contribution in [3.05, 3.63) is 29.8 Å². The minimum atomic E-state index is -3.96. The van der Waals surface area contributed by atoms with Gasteiger partial charge in [0.1, 0.15) is 5.75 Å². The number of hydrogen-bond acceptors (Lipinski definition) is 4. The van der Waals surface area contributed by atoms with E-state index in [1.165, 1.54) is 6.92 Å². The number of hydrogen-bond donors (Lipinski definition) is 3. The molecule has 1 unspecified atom stereocenters. The summed E-state index contributed by atoms with van der Waals surface area (Å²) in [6.45, 7) is 2.33. The van der Waals surface area contributed by atoms with E-state index in [4.69, 9.17) is 9.29 Å². The summed E-state index contributed by atoms with van der Waals surface area (Å²) < 4.78 is 35.5. The highest BCUT2D eigenvalue weighted by Gasteiger charge is 2.16. The Morgan fingerprint density at radius 2 is 1.87 bits per heavy atom. The van der Waals surface area contributed by atoms with Crippen LogP contribution in [0.15, 0.2) is 24.3 Å². The maximum absolute atomic E-state index is 11.6. The quantitative estimate of drug-likeness (QED) is 0.469. The van der Waals surface area contributed by atoms with E-state index < -0.39 is 15.4 Å². The lowest BCUT2D eigenvalue weighted by Gasteiger charge is -2.09. The van der Waals surface area contributed by atoms with Crippen LogP contribution in [0.2, 0.25) is 0 Å². The molecule has 0 fully saturated rings. The van der Waals surface area contributed by atoms with Crippen LogP contribution in [0.1, 0.15) is 31.7 Å². The van der Waals surface area contributed by atoms with Crippen LogP contribution in [0.4, 0.5) is 4.79 Å². The number of methoxy groups -OCH3 is 1. The molecule has 1 rings (SSSR count). The molecule has 0 saturated heterocycles. The van der Waals surface area contributed by atoms with E-state index >= 15 is 0 Å². The average Bonchev–Trinajstić information content (AvgIpc) is 2.52. The molecule has 0 aliphatic rings. The average molecular weight is 344 g/mol. The van der Waals surface area contributed by atoms with Crippen LogP contribution in [0, 0.1) is 0 Å². The Hall–Kier alpha value is -1.80. The summed E-state index contributed by atoms with van der Waals surface area (Å²) >= 11 is 0. The Morgan fingerprint density at radius 3 is 2.43 bits per heavy atom. The van der Waals surface area contributed by atoms with Gasteiger partial charge in [0.05, 0.1) is 12.4 Å². The van der Waals surface area contributed by atoms with Crippen LogP contribution in [-0.2, 0) is 16.7 Å². The van der Waals surface area contributed by atoms with Gasteiger partial charge in [0.15, 0.2) is 0 Å². The number of ether oxygens (including phenoxy) is 1. The molecular formula is C15H24N2O5S. The standard InChI is InChI=1S/C15H24N2O5S/c1-12(23(19,20)21)5-3-4-10-16-15(18)17-11-13-6-8-14(22-2)9-7-13/h6-9,12H,3-5,10-11H2,1-2H3,(H2,16,17,18)(H,19,20,21). The van der Waals surface area contributed by atoms with Gasteiger partial charge in [0, 0.05) is 13.1 Å². The molecule has 0 aliphatic carbocycles. The van der Waals surface area contributed by atoms with E-state index in [9.17, 15) is 13.2 Å². The third-order valence-corrected chi connectivity index (χ3v) is 4.70. The number of rotatable bonds is 9. The van der Waals surface area contributed by atoms with Crippen LogP contribution in [-0.4, -0.2) is 37.9 Å². The van der Waals surface area contributed by atoms with Gasteiger partial charge in [0.2, 0.25) is 0 Å². The van der Waals surface area contributed by atoms with Crippen LogP contribution >= 0.6 is 0 Å². The number of unbranched alkanes of at least 4 members (excludes halogenated alkanes) is 1. The fourth-order valence-corrected chi connectivity index (χ4v) is 2.36. The van der Waals surface area contributed by atoms with Crippen LogP contribution < -0.4 is 15.4 Å². The maximum atomic E-state index is 11.6. The zero-order chi connectivity index (χ0) is 17.3. The van der Waals surface area contributed by atoms with Crippen molar-refractivity contribution < 1.29 is 22.5 Å². The predicted octanol–water partition coefficient (Wildman–Crippen LogP) is 1.94. The first-order chi connectivity index (χ1) is 10.8. The van der Waals surface area contributed by atoms with E-state index in [2.05, 4.69) is 10.6 Å². The zero-order valence-electron chi connectivity index (χ0n) is 13.4. The van der Waals surface area contributed by atoms with Gasteiger partial charge in [0.25, 0.3) is 10.1 Å². The van der Waals surface area contributed by atoms with Gasteiger partial charge in [-0.15, -0.1) is 0 Å². The van der Waals surface area contributed by atoms with Crippen molar-refractivity contribution in [2.45, 2.75) is 38.0 Å². The molecule has 0 heterocycles. The lowest BCUT2D eigenvalue weighted by molar-refractivity contribution is 0.240. The largest absolute Gasteiger partial charge is 0.497 e. The van der Waals surface area contributed by atoms with Crippen LogP contribution in [0.5, 0.6) is 5.75 Å². The maximum Gasteiger partial charge on any atom is 0.315 e. The van der Waals surface area contributed by atoms with Crippen LogP contribution in [0.3, 0.4) is 0 Å². The summed E-state index contributed by atoms with van der Waals surface area (Å²) in [4.78, 5) is 11.6. The van der Waals surface area contributed by atoms with Gasteiger partial charge in [-0.1, -0.05) is 18.6 Å². The number of benzene rings is 1. The lowest BCUT2D eigenvalue weighted by Crippen LogP contribution is -2.35. The molecular weight excluding hydrogens is 320 g/mol. The topological polar surface area (TPSA) is 105 Å². The highest BCUT2D eigenvalue weighted by atomic mass is 32.2. The van der Waals surface area contributed by atoms with Gasteiger partial charge >= 0.3 is 6.03 Å². The van der Waals surface area contributed by atoms with Gasteiger partial charge in [-0.25, -0.2) is 4.79 Å². The summed E-state index contributed by atoms with van der Waals surface area (Å²) in [5, 5.41) is 4.66. The number of carbonyl (C=O) groups excluding carboxylic acids is 1. The van der Waals surface area contributed by atoms with Crippen molar-refractivity contribution in [2.24, 2.45) is 0 Å². The van der Waals surface area contributed by atoms with E-state index in [-0.39, 0.29) is 6.03 Å². The van der Waals surface area contributed by atoms with Crippen molar-refractivity contribution in [3.63, 3.8) is 0 Å². The van der Waals surface area contributed by atoms with Crippen molar-refractivity contribution in [2.75, 3.05) is 13.7 Å². The molecule has 1 atom stereocenters. The smallest absolute Gasteiger partial charge is 0.315 e. The SMILES string of the molecule is COc1ccc(CNC(=O)NCCCCC(C)S(=O)(=O)O)cc1. The minimum Gasteiger partial charge on any atom is -0.497 e. The molecule has 0 radical (unpaired) electrons. The second-order valence-corrected chi connectivity index (χ2v) is 7.11. The molecule has 8 heteroatoms. The number of carbonyl (C=O) groups is 1. The van der Waals surface area contributed by atoms with Gasteiger partial charge in [-0.05, 0) is 37.5 Å². The molecule has 0 bridgehead atoms. The Bertz CT molecular complexity index is 586. The number of amides is 2. The molecule has 7 nitrogen and oxygen atoms in total. The minimum absolute atomic E-state index is 0.274. The normalized spacial score (nSPS) is 12.5. The monoisotopic (exact) mass is 344 g/mol. The molecule has 0 aromatic heterocycles. The van der Waals surface area contributed by atoms with Gasteiger partial charge in [-0.2, -0.15) is 8.42 Å². The first kappa shape index (κ1) is 19.2. The van der Waals surface area contributed by atoms with E-state index in [0.29, 0.717) is 32.4 Å². The zero-order valence-corrected chi connectivity index (χ0v) is 14.2. The molecule has 1 aromatic rings. The Morgan fingerprint density at radius 1 is 1.22 bits per heavy atom. The van der Waals surface area contributed by atoms with Crippen molar-refractivity contribution >= 4 is 16.1 Å². The number of urea groups is 1.